The topological polar surface area (TPSA) is 45.3 Å². The molecule has 2 aliphatic heterocycles. The van der Waals surface area contributed by atoms with Crippen molar-refractivity contribution in [2.75, 3.05) is 6.54 Å². The molecule has 0 amide bonds. The Morgan fingerprint density at radius 2 is 1.82 bits per heavy atom. The van der Waals surface area contributed by atoms with Gasteiger partial charge in [-0.2, -0.15) is 8.78 Å². The molecule has 2 fully saturated rings. The zero-order valence-corrected chi connectivity index (χ0v) is 14.5. The minimum absolute atomic E-state index is 0.0356. The maximum Gasteiger partial charge on any atom is 0.346 e. The average Bonchev–Trinajstić information content (AvgIpc) is 2.38. The Balaban J connectivity index is 2.20. The molecule has 6 atom stereocenters. The van der Waals surface area contributed by atoms with Crippen LogP contribution in [0.5, 0.6) is 0 Å². The van der Waals surface area contributed by atoms with E-state index < -0.39 is 12.8 Å². The van der Waals surface area contributed by atoms with Gasteiger partial charge < -0.3 is 10.1 Å². The Morgan fingerprint density at radius 3 is 2.41 bits per heavy atom. The molecule has 0 spiro atoms. The Bertz CT molecular complexity index is 367. The van der Waals surface area contributed by atoms with Crippen molar-refractivity contribution in [2.45, 2.75) is 64.9 Å². The third-order valence-electron chi connectivity index (χ3n) is 4.99. The lowest BCUT2D eigenvalue weighted by molar-refractivity contribution is -0.206. The van der Waals surface area contributed by atoms with Gasteiger partial charge in [-0.1, -0.05) is 20.8 Å². The van der Waals surface area contributed by atoms with E-state index in [1.165, 1.54) is 0 Å². The first-order chi connectivity index (χ1) is 10.2. The van der Waals surface area contributed by atoms with Crippen molar-refractivity contribution >= 4 is 11.6 Å². The minimum atomic E-state index is -2.79. The van der Waals surface area contributed by atoms with Crippen LogP contribution < -0.4 is 16.2 Å². The Hall–Kier alpha value is -0.0100. The van der Waals surface area contributed by atoms with Gasteiger partial charge in [-0.25, -0.2) is 10.9 Å². The van der Waals surface area contributed by atoms with Gasteiger partial charge in [0.2, 0.25) is 0 Å². The monoisotopic (exact) mass is 339 g/mol. The summed E-state index contributed by atoms with van der Waals surface area (Å²) in [4.78, 5) is 0. The molecule has 0 saturated carbocycles. The van der Waals surface area contributed by atoms with Gasteiger partial charge in [0.1, 0.15) is 6.23 Å². The third kappa shape index (κ3) is 4.51. The van der Waals surface area contributed by atoms with E-state index in [1.807, 2.05) is 0 Å². The maximum absolute atomic E-state index is 12.7. The number of alkyl halides is 3. The number of rotatable bonds is 3. The summed E-state index contributed by atoms with van der Waals surface area (Å²) in [5, 5.41) is 3.52. The predicted octanol–water partition coefficient (Wildman–Crippen LogP) is 2.89. The van der Waals surface area contributed by atoms with Crippen LogP contribution in [0.2, 0.25) is 0 Å². The van der Waals surface area contributed by atoms with E-state index in [2.05, 4.69) is 43.9 Å². The van der Waals surface area contributed by atoms with E-state index in [4.69, 9.17) is 16.3 Å². The van der Waals surface area contributed by atoms with Crippen LogP contribution in [0.15, 0.2) is 0 Å². The SMILES string of the molecule is CC1CC(C2CC(Cl)NNC2OC(F)F)C(C(C)(C)C)CN1. The summed E-state index contributed by atoms with van der Waals surface area (Å²) in [7, 11) is 0. The summed E-state index contributed by atoms with van der Waals surface area (Å²) in [6, 6.07) is 0.375. The number of piperidine rings is 1. The highest BCUT2D eigenvalue weighted by Gasteiger charge is 2.45. The maximum atomic E-state index is 12.7. The first-order valence-corrected chi connectivity index (χ1v) is 8.44. The number of hydrazine groups is 1. The molecule has 2 rings (SSSR count). The van der Waals surface area contributed by atoms with Crippen molar-refractivity contribution in [1.82, 2.24) is 16.2 Å². The zero-order chi connectivity index (χ0) is 16.5. The molecule has 4 nitrogen and oxygen atoms in total. The molecule has 22 heavy (non-hydrogen) atoms. The molecule has 6 unspecified atom stereocenters. The second-order valence-corrected chi connectivity index (χ2v) is 8.18. The van der Waals surface area contributed by atoms with Crippen LogP contribution in [-0.2, 0) is 4.74 Å². The first kappa shape index (κ1) is 18.3. The summed E-state index contributed by atoms with van der Waals surface area (Å²) >= 11 is 6.20. The summed E-state index contributed by atoms with van der Waals surface area (Å²) in [6.07, 6.45) is 0.854. The highest BCUT2D eigenvalue weighted by Crippen LogP contribution is 2.44. The fourth-order valence-corrected chi connectivity index (χ4v) is 4.17. The second-order valence-electron chi connectivity index (χ2n) is 7.65. The van der Waals surface area contributed by atoms with Crippen LogP contribution in [0.4, 0.5) is 8.78 Å². The van der Waals surface area contributed by atoms with Gasteiger partial charge in [0.15, 0.2) is 0 Å². The molecule has 0 radical (unpaired) electrons. The van der Waals surface area contributed by atoms with Crippen LogP contribution in [-0.4, -0.2) is 30.9 Å². The number of halogens is 3. The minimum Gasteiger partial charge on any atom is -0.314 e. The lowest BCUT2D eigenvalue weighted by Gasteiger charge is -2.49. The molecular weight excluding hydrogens is 312 g/mol. The van der Waals surface area contributed by atoms with E-state index in [9.17, 15) is 8.78 Å². The van der Waals surface area contributed by atoms with E-state index >= 15 is 0 Å². The third-order valence-corrected chi connectivity index (χ3v) is 5.28. The summed E-state index contributed by atoms with van der Waals surface area (Å²) < 4.78 is 30.3. The Labute approximate surface area is 136 Å². The molecular formula is C15H28ClF2N3O. The highest BCUT2D eigenvalue weighted by atomic mass is 35.5. The van der Waals surface area contributed by atoms with Crippen LogP contribution in [0.25, 0.3) is 0 Å². The van der Waals surface area contributed by atoms with E-state index in [0.717, 1.165) is 13.0 Å². The predicted molar refractivity (Wildman–Crippen MR) is 83.4 cm³/mol. The van der Waals surface area contributed by atoms with Crippen LogP contribution in [0.1, 0.15) is 40.5 Å². The fourth-order valence-electron chi connectivity index (χ4n) is 3.90. The van der Waals surface area contributed by atoms with Crippen molar-refractivity contribution in [3.8, 4) is 0 Å². The van der Waals surface area contributed by atoms with Crippen LogP contribution >= 0.6 is 11.6 Å². The molecule has 0 aromatic heterocycles. The second kappa shape index (κ2) is 7.26. The van der Waals surface area contributed by atoms with E-state index in [0.29, 0.717) is 18.4 Å². The van der Waals surface area contributed by atoms with Crippen LogP contribution in [0, 0.1) is 23.2 Å². The molecule has 0 aromatic carbocycles. The van der Waals surface area contributed by atoms with Gasteiger partial charge >= 0.3 is 6.61 Å². The molecule has 0 bridgehead atoms. The van der Waals surface area contributed by atoms with E-state index in [-0.39, 0.29) is 22.8 Å². The summed E-state index contributed by atoms with van der Waals surface area (Å²) in [5.74, 6) is 0.642. The zero-order valence-electron chi connectivity index (χ0n) is 13.7. The largest absolute Gasteiger partial charge is 0.346 e. The molecule has 7 heteroatoms. The normalized spacial score (nSPS) is 40.9. The number of nitrogens with one attached hydrogen (secondary N) is 3. The number of hydrogen-bond acceptors (Lipinski definition) is 4. The van der Waals surface area contributed by atoms with Gasteiger partial charge in [-0.15, -0.1) is 11.6 Å². The van der Waals surface area contributed by atoms with Gasteiger partial charge in [-0.05, 0) is 43.6 Å². The van der Waals surface area contributed by atoms with Crippen molar-refractivity contribution in [3.05, 3.63) is 0 Å². The van der Waals surface area contributed by atoms with E-state index in [1.54, 1.807) is 0 Å². The molecule has 0 aromatic rings. The molecule has 2 aliphatic rings. The lowest BCUT2D eigenvalue weighted by Crippen LogP contribution is -2.61. The Morgan fingerprint density at radius 1 is 1.14 bits per heavy atom. The van der Waals surface area contributed by atoms with Crippen molar-refractivity contribution < 1.29 is 13.5 Å². The molecule has 130 valence electrons. The standard InChI is InChI=1S/C15H28ClF2N3O/c1-8-5-9(11(7-19-8)15(2,3)4)10-6-12(16)20-21-13(10)22-14(17)18/h8-14,19-21H,5-7H2,1-4H3. The average molecular weight is 340 g/mol. The van der Waals surface area contributed by atoms with Gasteiger partial charge in [0.05, 0.1) is 5.50 Å². The van der Waals surface area contributed by atoms with Crippen LogP contribution in [0.3, 0.4) is 0 Å². The smallest absolute Gasteiger partial charge is 0.314 e. The quantitative estimate of drug-likeness (QED) is 0.546. The summed E-state index contributed by atoms with van der Waals surface area (Å²) in [6.45, 7) is 6.87. The molecule has 3 N–H and O–H groups in total. The molecule has 0 aliphatic carbocycles. The molecule has 2 saturated heterocycles. The van der Waals surface area contributed by atoms with Gasteiger partial charge in [-0.3, -0.25) is 0 Å². The van der Waals surface area contributed by atoms with Crippen molar-refractivity contribution in [1.29, 1.82) is 0 Å². The number of hydrogen-bond donors (Lipinski definition) is 3. The summed E-state index contributed by atoms with van der Waals surface area (Å²) in [5.41, 5.74) is 5.47. The lowest BCUT2D eigenvalue weighted by atomic mass is 9.64. The van der Waals surface area contributed by atoms with Gasteiger partial charge in [0.25, 0.3) is 0 Å². The fraction of sp³-hybridized carbons (Fsp3) is 1.00. The van der Waals surface area contributed by atoms with Crippen molar-refractivity contribution in [2.24, 2.45) is 23.2 Å². The molecule has 2 heterocycles. The van der Waals surface area contributed by atoms with Crippen molar-refractivity contribution in [3.63, 3.8) is 0 Å². The van der Waals surface area contributed by atoms with Gasteiger partial charge in [0, 0.05) is 12.0 Å². The Kier molecular flexibility index (Phi) is 6.05. The number of ether oxygens (including phenoxy) is 1. The first-order valence-electron chi connectivity index (χ1n) is 8.00. The highest BCUT2D eigenvalue weighted by molar-refractivity contribution is 6.20.